The molecule has 1 heterocycles. The minimum Gasteiger partial charge on any atom is -0.390 e. The zero-order valence-corrected chi connectivity index (χ0v) is 8.26. The molecule has 0 spiro atoms. The van der Waals surface area contributed by atoms with Crippen LogP contribution in [0.15, 0.2) is 5.16 Å². The molecule has 0 aliphatic carbocycles. The number of oxime groups is 1. The molecule has 1 aliphatic heterocycles. The Morgan fingerprint density at radius 1 is 1.42 bits per heavy atom. The first-order valence-electron chi connectivity index (χ1n) is 4.22. The van der Waals surface area contributed by atoms with E-state index >= 15 is 0 Å². The van der Waals surface area contributed by atoms with Crippen molar-refractivity contribution in [2.45, 2.75) is 33.3 Å². The van der Waals surface area contributed by atoms with Crippen LogP contribution in [-0.4, -0.2) is 25.0 Å². The molecule has 1 rings (SSSR count). The molecule has 0 atom stereocenters. The Hall–Kier alpha value is -0.570. The van der Waals surface area contributed by atoms with Gasteiger partial charge < -0.3 is 9.57 Å². The van der Waals surface area contributed by atoms with Crippen LogP contribution in [0.25, 0.3) is 0 Å². The van der Waals surface area contributed by atoms with Crippen molar-refractivity contribution in [3.63, 3.8) is 0 Å². The molecule has 70 valence electrons. The predicted octanol–water partition coefficient (Wildman–Crippen LogP) is 1.82. The average molecular weight is 171 g/mol. The van der Waals surface area contributed by atoms with E-state index in [1.807, 2.05) is 27.0 Å². The molecule has 0 aromatic carbocycles. The summed E-state index contributed by atoms with van der Waals surface area (Å²) < 4.78 is 5.07. The first-order valence-corrected chi connectivity index (χ1v) is 4.22. The van der Waals surface area contributed by atoms with Gasteiger partial charge in [-0.1, -0.05) is 12.1 Å². The van der Waals surface area contributed by atoms with E-state index < -0.39 is 0 Å². The van der Waals surface area contributed by atoms with Crippen LogP contribution in [0.2, 0.25) is 0 Å². The second-order valence-corrected chi connectivity index (χ2v) is 4.58. The second kappa shape index (κ2) is 3.05. The summed E-state index contributed by atoms with van der Waals surface area (Å²) in [5, 5.41) is 3.93. The number of nitrogens with zero attached hydrogens (tertiary/aromatic N) is 1. The maximum absolute atomic E-state index is 5.21. The second-order valence-electron chi connectivity index (χ2n) is 4.58. The molecule has 0 unspecified atom stereocenters. The summed E-state index contributed by atoms with van der Waals surface area (Å²) in [6.45, 7) is 9.54. The molecule has 0 N–H and O–H groups in total. The standard InChI is InChI=1S/C9H17NO2/c1-8(2,3)12-10-5-9(4)6-11-7-9/h5H,6-7H2,1-4H3/b10-5+. The van der Waals surface area contributed by atoms with E-state index in [-0.39, 0.29) is 11.0 Å². The highest BCUT2D eigenvalue weighted by molar-refractivity contribution is 5.66. The van der Waals surface area contributed by atoms with Gasteiger partial charge in [0.2, 0.25) is 0 Å². The van der Waals surface area contributed by atoms with Gasteiger partial charge in [0.05, 0.1) is 24.8 Å². The molecule has 3 nitrogen and oxygen atoms in total. The maximum atomic E-state index is 5.21. The summed E-state index contributed by atoms with van der Waals surface area (Å²) in [5.74, 6) is 0. The van der Waals surface area contributed by atoms with Crippen LogP contribution in [-0.2, 0) is 9.57 Å². The van der Waals surface area contributed by atoms with Gasteiger partial charge in [0, 0.05) is 0 Å². The van der Waals surface area contributed by atoms with Crippen LogP contribution in [0.5, 0.6) is 0 Å². The van der Waals surface area contributed by atoms with Crippen molar-refractivity contribution in [1.82, 2.24) is 0 Å². The highest BCUT2D eigenvalue weighted by atomic mass is 16.6. The molecule has 1 fully saturated rings. The molecule has 0 aromatic heterocycles. The smallest absolute Gasteiger partial charge is 0.129 e. The zero-order valence-electron chi connectivity index (χ0n) is 8.26. The molecule has 0 bridgehead atoms. The Morgan fingerprint density at radius 3 is 2.33 bits per heavy atom. The van der Waals surface area contributed by atoms with Gasteiger partial charge >= 0.3 is 0 Å². The molecule has 1 aliphatic rings. The topological polar surface area (TPSA) is 30.8 Å². The fourth-order valence-electron chi connectivity index (χ4n) is 0.810. The SMILES string of the molecule is CC1(/C=N/OC(C)(C)C)COC1. The van der Waals surface area contributed by atoms with E-state index in [9.17, 15) is 0 Å². The molecule has 0 radical (unpaired) electrons. The van der Waals surface area contributed by atoms with E-state index in [1.54, 1.807) is 0 Å². The normalized spacial score (nSPS) is 22.3. The minimum atomic E-state index is -0.197. The fraction of sp³-hybridized carbons (Fsp3) is 0.889. The molecule has 0 saturated carbocycles. The van der Waals surface area contributed by atoms with E-state index in [2.05, 4.69) is 12.1 Å². The lowest BCUT2D eigenvalue weighted by atomic mass is 9.91. The molecular weight excluding hydrogens is 154 g/mol. The van der Waals surface area contributed by atoms with Crippen LogP contribution in [0.1, 0.15) is 27.7 Å². The minimum absolute atomic E-state index is 0.102. The van der Waals surface area contributed by atoms with Crippen molar-refractivity contribution < 1.29 is 9.57 Å². The van der Waals surface area contributed by atoms with Gasteiger partial charge in [-0.2, -0.15) is 0 Å². The van der Waals surface area contributed by atoms with Gasteiger partial charge in [0.15, 0.2) is 0 Å². The number of hydrogen-bond acceptors (Lipinski definition) is 3. The highest BCUT2D eigenvalue weighted by Crippen LogP contribution is 2.24. The summed E-state index contributed by atoms with van der Waals surface area (Å²) in [4.78, 5) is 5.21. The Bertz CT molecular complexity index is 177. The predicted molar refractivity (Wildman–Crippen MR) is 48.3 cm³/mol. The van der Waals surface area contributed by atoms with Crippen molar-refractivity contribution in [2.24, 2.45) is 10.6 Å². The monoisotopic (exact) mass is 171 g/mol. The third-order valence-electron chi connectivity index (χ3n) is 1.55. The van der Waals surface area contributed by atoms with Crippen LogP contribution in [0.3, 0.4) is 0 Å². The molecule has 1 saturated heterocycles. The fourth-order valence-corrected chi connectivity index (χ4v) is 0.810. The molecule has 12 heavy (non-hydrogen) atoms. The third kappa shape index (κ3) is 2.81. The Morgan fingerprint density at radius 2 is 2.00 bits per heavy atom. The maximum Gasteiger partial charge on any atom is 0.129 e. The lowest BCUT2D eigenvalue weighted by Gasteiger charge is -2.34. The van der Waals surface area contributed by atoms with E-state index in [4.69, 9.17) is 9.57 Å². The van der Waals surface area contributed by atoms with Crippen molar-refractivity contribution in [2.75, 3.05) is 13.2 Å². The van der Waals surface area contributed by atoms with Crippen molar-refractivity contribution in [3.8, 4) is 0 Å². The number of rotatable bonds is 2. The molecule has 0 aromatic rings. The lowest BCUT2D eigenvalue weighted by molar-refractivity contribution is -0.0606. The largest absolute Gasteiger partial charge is 0.390 e. The summed E-state index contributed by atoms with van der Waals surface area (Å²) in [6, 6.07) is 0. The van der Waals surface area contributed by atoms with Crippen LogP contribution in [0, 0.1) is 5.41 Å². The average Bonchev–Trinajstić information content (AvgIpc) is 1.81. The van der Waals surface area contributed by atoms with Gasteiger partial charge in [0.1, 0.15) is 5.60 Å². The van der Waals surface area contributed by atoms with Gasteiger partial charge in [0.25, 0.3) is 0 Å². The van der Waals surface area contributed by atoms with E-state index in [0.29, 0.717) is 0 Å². The Kier molecular flexibility index (Phi) is 2.42. The van der Waals surface area contributed by atoms with E-state index in [1.165, 1.54) is 0 Å². The third-order valence-corrected chi connectivity index (χ3v) is 1.55. The van der Waals surface area contributed by atoms with Crippen LogP contribution < -0.4 is 0 Å². The first-order chi connectivity index (χ1) is 5.41. The quantitative estimate of drug-likeness (QED) is 0.468. The zero-order chi connectivity index (χ0) is 9.24. The summed E-state index contributed by atoms with van der Waals surface area (Å²) in [5.41, 5.74) is -0.0945. The number of hydrogen-bond donors (Lipinski definition) is 0. The van der Waals surface area contributed by atoms with Gasteiger partial charge in [-0.3, -0.25) is 0 Å². The molecule has 0 amide bonds. The summed E-state index contributed by atoms with van der Waals surface area (Å²) in [6.07, 6.45) is 1.84. The van der Waals surface area contributed by atoms with Crippen molar-refractivity contribution in [3.05, 3.63) is 0 Å². The number of ether oxygens (including phenoxy) is 1. The van der Waals surface area contributed by atoms with Gasteiger partial charge in [-0.15, -0.1) is 0 Å². The highest BCUT2D eigenvalue weighted by Gasteiger charge is 2.31. The van der Waals surface area contributed by atoms with Crippen LogP contribution >= 0.6 is 0 Å². The molecular formula is C9H17NO2. The summed E-state index contributed by atoms with van der Waals surface area (Å²) in [7, 11) is 0. The van der Waals surface area contributed by atoms with Gasteiger partial charge in [-0.05, 0) is 20.8 Å². The Balaban J connectivity index is 2.30. The summed E-state index contributed by atoms with van der Waals surface area (Å²) >= 11 is 0. The van der Waals surface area contributed by atoms with E-state index in [0.717, 1.165) is 13.2 Å². The molecule has 3 heteroatoms. The van der Waals surface area contributed by atoms with Crippen LogP contribution in [0.4, 0.5) is 0 Å². The Labute approximate surface area is 73.7 Å². The van der Waals surface area contributed by atoms with Crippen molar-refractivity contribution >= 4 is 6.21 Å². The lowest BCUT2D eigenvalue weighted by Crippen LogP contribution is -2.41. The van der Waals surface area contributed by atoms with Gasteiger partial charge in [-0.25, -0.2) is 0 Å². The van der Waals surface area contributed by atoms with Crippen molar-refractivity contribution in [1.29, 1.82) is 0 Å². The first kappa shape index (κ1) is 9.52.